The molecule has 3 aromatic rings. The van der Waals surface area contributed by atoms with Crippen LogP contribution in [0, 0.1) is 0 Å². The highest BCUT2D eigenvalue weighted by Crippen LogP contribution is 2.35. The highest BCUT2D eigenvalue weighted by molar-refractivity contribution is 5.98. The molecule has 0 fully saturated rings. The van der Waals surface area contributed by atoms with Gasteiger partial charge >= 0.3 is 0 Å². The maximum atomic E-state index is 5.55. The fourth-order valence-electron chi connectivity index (χ4n) is 3.37. The molecule has 30 heavy (non-hydrogen) atoms. The molecule has 0 aliphatic rings. The minimum atomic E-state index is 0.231. The number of allylic oxidation sites excluding steroid dienone is 1. The number of ether oxygens (including phenoxy) is 4. The van der Waals surface area contributed by atoms with Crippen molar-refractivity contribution >= 4 is 11.1 Å². The van der Waals surface area contributed by atoms with Crippen molar-refractivity contribution in [2.75, 3.05) is 27.8 Å². The summed E-state index contributed by atoms with van der Waals surface area (Å²) in [7, 11) is 3.23. The molecule has 0 atom stereocenters. The van der Waals surface area contributed by atoms with Gasteiger partial charge in [-0.25, -0.2) is 0 Å². The quantitative estimate of drug-likeness (QED) is 0.306. The van der Waals surface area contributed by atoms with E-state index in [-0.39, 0.29) is 13.6 Å². The first kappa shape index (κ1) is 21.6. The molecule has 0 heterocycles. The fraction of sp³-hybridized carbons (Fsp3) is 0.231. The number of methoxy groups -OCH3 is 2. The number of hydrogen-bond acceptors (Lipinski definition) is 4. The minimum absolute atomic E-state index is 0.231. The summed E-state index contributed by atoms with van der Waals surface area (Å²) in [4.78, 5) is 0. The zero-order chi connectivity index (χ0) is 21.2. The van der Waals surface area contributed by atoms with E-state index in [1.54, 1.807) is 14.2 Å². The Hall–Kier alpha value is -3.08. The summed E-state index contributed by atoms with van der Waals surface area (Å²) in [6.07, 6.45) is 0.906. The smallest absolute Gasteiger partial charge is 0.188 e. The van der Waals surface area contributed by atoms with Crippen LogP contribution in [0.2, 0.25) is 0 Å². The lowest BCUT2D eigenvalue weighted by molar-refractivity contribution is 0.0509. The van der Waals surface area contributed by atoms with Crippen molar-refractivity contribution in [3.63, 3.8) is 0 Å². The predicted molar refractivity (Wildman–Crippen MR) is 121 cm³/mol. The standard InChI is InChI=1S/C26H28O4/c1-4-25(20-8-6-5-7-9-20)26(21-10-14-23(15-11-21)29-18-27-2)22-12-16-24(17-13-22)30-19-28-3/h5-17H,4,18-19H2,1-3H3. The van der Waals surface area contributed by atoms with Gasteiger partial charge in [-0.2, -0.15) is 0 Å². The van der Waals surface area contributed by atoms with Crippen LogP contribution in [-0.2, 0) is 9.47 Å². The summed E-state index contributed by atoms with van der Waals surface area (Å²) in [5.74, 6) is 1.56. The lowest BCUT2D eigenvalue weighted by Crippen LogP contribution is -2.00. The van der Waals surface area contributed by atoms with Gasteiger partial charge in [0.05, 0.1) is 0 Å². The number of benzene rings is 3. The van der Waals surface area contributed by atoms with Gasteiger partial charge < -0.3 is 18.9 Å². The van der Waals surface area contributed by atoms with Crippen LogP contribution in [0.15, 0.2) is 78.9 Å². The molecule has 0 saturated heterocycles. The zero-order valence-corrected chi connectivity index (χ0v) is 17.8. The summed E-state index contributed by atoms with van der Waals surface area (Å²) in [5.41, 5.74) is 5.96. The Morgan fingerprint density at radius 1 is 0.600 bits per heavy atom. The first-order valence-corrected chi connectivity index (χ1v) is 9.99. The third-order valence-corrected chi connectivity index (χ3v) is 4.75. The number of hydrogen-bond donors (Lipinski definition) is 0. The SMILES string of the molecule is CCC(=C(c1ccc(OCOC)cc1)c1ccc(OCOC)cc1)c1ccccc1. The van der Waals surface area contributed by atoms with Crippen molar-refractivity contribution in [3.05, 3.63) is 95.6 Å². The van der Waals surface area contributed by atoms with E-state index in [1.165, 1.54) is 16.7 Å². The highest BCUT2D eigenvalue weighted by atomic mass is 16.7. The topological polar surface area (TPSA) is 36.9 Å². The van der Waals surface area contributed by atoms with E-state index in [4.69, 9.17) is 18.9 Å². The Kier molecular flexibility index (Phi) is 8.07. The molecule has 0 saturated carbocycles. The van der Waals surface area contributed by atoms with E-state index in [0.29, 0.717) is 0 Å². The van der Waals surface area contributed by atoms with Crippen molar-refractivity contribution in [1.29, 1.82) is 0 Å². The van der Waals surface area contributed by atoms with Crippen molar-refractivity contribution in [2.24, 2.45) is 0 Å². The normalized spacial score (nSPS) is 10.5. The summed E-state index contributed by atoms with van der Waals surface area (Å²) < 4.78 is 21.1. The second-order valence-corrected chi connectivity index (χ2v) is 6.72. The van der Waals surface area contributed by atoms with Crippen molar-refractivity contribution in [3.8, 4) is 11.5 Å². The summed E-state index contributed by atoms with van der Waals surface area (Å²) in [6, 6.07) is 26.8. The molecule has 0 spiro atoms. The van der Waals surface area contributed by atoms with E-state index in [0.717, 1.165) is 29.0 Å². The van der Waals surface area contributed by atoms with E-state index in [9.17, 15) is 0 Å². The largest absolute Gasteiger partial charge is 0.468 e. The Bertz CT molecular complexity index is 876. The third kappa shape index (κ3) is 5.50. The van der Waals surface area contributed by atoms with Gasteiger partial charge in [-0.3, -0.25) is 0 Å². The molecule has 0 radical (unpaired) electrons. The van der Waals surface area contributed by atoms with Gasteiger partial charge in [-0.05, 0) is 58.5 Å². The van der Waals surface area contributed by atoms with Crippen molar-refractivity contribution in [2.45, 2.75) is 13.3 Å². The molecule has 4 nitrogen and oxygen atoms in total. The minimum Gasteiger partial charge on any atom is -0.468 e. The monoisotopic (exact) mass is 404 g/mol. The van der Waals surface area contributed by atoms with Crippen LogP contribution in [0.25, 0.3) is 11.1 Å². The van der Waals surface area contributed by atoms with Crippen LogP contribution in [0.3, 0.4) is 0 Å². The van der Waals surface area contributed by atoms with Crippen molar-refractivity contribution < 1.29 is 18.9 Å². The molecule has 0 aliphatic heterocycles. The van der Waals surface area contributed by atoms with E-state index in [2.05, 4.69) is 55.5 Å². The van der Waals surface area contributed by atoms with Gasteiger partial charge in [0, 0.05) is 14.2 Å². The van der Waals surface area contributed by atoms with Gasteiger partial charge in [-0.1, -0.05) is 61.5 Å². The second kappa shape index (κ2) is 11.2. The van der Waals surface area contributed by atoms with Gasteiger partial charge in [0.25, 0.3) is 0 Å². The molecule has 156 valence electrons. The third-order valence-electron chi connectivity index (χ3n) is 4.75. The lowest BCUT2D eigenvalue weighted by atomic mass is 9.88. The molecule has 0 bridgehead atoms. The molecule has 0 amide bonds. The fourth-order valence-corrected chi connectivity index (χ4v) is 3.37. The summed E-state index contributed by atoms with van der Waals surface area (Å²) in [6.45, 7) is 2.65. The Labute approximate surface area is 178 Å². The molecule has 0 aromatic heterocycles. The number of rotatable bonds is 10. The van der Waals surface area contributed by atoms with Crippen LogP contribution >= 0.6 is 0 Å². The average Bonchev–Trinajstić information content (AvgIpc) is 2.81. The van der Waals surface area contributed by atoms with E-state index in [1.807, 2.05) is 30.3 Å². The Balaban J connectivity index is 2.06. The van der Waals surface area contributed by atoms with Crippen LogP contribution in [0.4, 0.5) is 0 Å². The van der Waals surface area contributed by atoms with Crippen molar-refractivity contribution in [1.82, 2.24) is 0 Å². The van der Waals surface area contributed by atoms with Gasteiger partial charge in [-0.15, -0.1) is 0 Å². The molecule has 3 rings (SSSR count). The van der Waals surface area contributed by atoms with E-state index >= 15 is 0 Å². The van der Waals surface area contributed by atoms with Gasteiger partial charge in [0.15, 0.2) is 13.6 Å². The first-order chi connectivity index (χ1) is 14.8. The lowest BCUT2D eigenvalue weighted by Gasteiger charge is -2.17. The maximum absolute atomic E-state index is 5.55. The average molecular weight is 405 g/mol. The molecule has 3 aromatic carbocycles. The first-order valence-electron chi connectivity index (χ1n) is 9.99. The summed E-state index contributed by atoms with van der Waals surface area (Å²) in [5, 5.41) is 0. The summed E-state index contributed by atoms with van der Waals surface area (Å²) >= 11 is 0. The van der Waals surface area contributed by atoms with Crippen LogP contribution in [-0.4, -0.2) is 27.8 Å². The van der Waals surface area contributed by atoms with Crippen LogP contribution in [0.1, 0.15) is 30.0 Å². The second-order valence-electron chi connectivity index (χ2n) is 6.72. The van der Waals surface area contributed by atoms with Gasteiger partial charge in [0.1, 0.15) is 11.5 Å². The Morgan fingerprint density at radius 2 is 1.07 bits per heavy atom. The Morgan fingerprint density at radius 3 is 1.47 bits per heavy atom. The molecular weight excluding hydrogens is 376 g/mol. The van der Waals surface area contributed by atoms with Crippen LogP contribution in [0.5, 0.6) is 11.5 Å². The predicted octanol–water partition coefficient (Wildman–Crippen LogP) is 6.02. The highest BCUT2D eigenvalue weighted by Gasteiger charge is 2.13. The maximum Gasteiger partial charge on any atom is 0.188 e. The molecule has 0 aliphatic carbocycles. The molecular formula is C26H28O4. The molecule has 0 unspecified atom stereocenters. The van der Waals surface area contributed by atoms with Crippen LogP contribution < -0.4 is 9.47 Å². The van der Waals surface area contributed by atoms with Gasteiger partial charge in [0.2, 0.25) is 0 Å². The van der Waals surface area contributed by atoms with E-state index < -0.39 is 0 Å². The molecule has 0 N–H and O–H groups in total. The molecule has 4 heteroatoms. The zero-order valence-electron chi connectivity index (χ0n) is 17.8.